The minimum atomic E-state index is -1.06. The number of benzene rings is 1. The van der Waals surface area contributed by atoms with Crippen molar-refractivity contribution in [2.24, 2.45) is 5.41 Å². The van der Waals surface area contributed by atoms with Crippen molar-refractivity contribution < 1.29 is 14.7 Å². The second-order valence-electron chi connectivity index (χ2n) is 5.63. The average molecular weight is 298 g/mol. The van der Waals surface area contributed by atoms with Crippen LogP contribution in [0, 0.1) is 5.41 Å². The minimum Gasteiger partial charge on any atom is -0.481 e. The molecular weight excluding hydrogens is 278 g/mol. The average Bonchev–Trinajstić information content (AvgIpc) is 2.30. The van der Waals surface area contributed by atoms with Gasteiger partial charge >= 0.3 is 5.97 Å². The van der Waals surface area contributed by atoms with Crippen molar-refractivity contribution in [2.45, 2.75) is 39.7 Å². The van der Waals surface area contributed by atoms with E-state index in [0.717, 1.165) is 5.56 Å². The molecule has 2 N–H and O–H groups in total. The number of carboxylic acids is 1. The summed E-state index contributed by atoms with van der Waals surface area (Å²) in [7, 11) is 0. The van der Waals surface area contributed by atoms with Gasteiger partial charge in [-0.3, -0.25) is 9.59 Å². The summed E-state index contributed by atoms with van der Waals surface area (Å²) in [5.74, 6) is -1.25. The zero-order chi connectivity index (χ0) is 15.3. The largest absolute Gasteiger partial charge is 0.481 e. The number of halogens is 1. The number of hydrogen-bond donors (Lipinski definition) is 2. The number of carbonyl (C=O) groups is 2. The summed E-state index contributed by atoms with van der Waals surface area (Å²) >= 11 is 6.06. The maximum atomic E-state index is 11.8. The fourth-order valence-corrected chi connectivity index (χ4v) is 2.06. The van der Waals surface area contributed by atoms with E-state index in [-0.39, 0.29) is 18.4 Å². The van der Waals surface area contributed by atoms with Crippen molar-refractivity contribution in [1.82, 2.24) is 5.32 Å². The monoisotopic (exact) mass is 297 g/mol. The first-order chi connectivity index (χ1) is 9.22. The van der Waals surface area contributed by atoms with Gasteiger partial charge in [-0.05, 0) is 38.8 Å². The highest BCUT2D eigenvalue weighted by Crippen LogP contribution is 2.21. The minimum absolute atomic E-state index is 0.0464. The fraction of sp³-hybridized carbons (Fsp3) is 0.467. The zero-order valence-electron chi connectivity index (χ0n) is 11.9. The van der Waals surface area contributed by atoms with Crippen molar-refractivity contribution in [3.63, 3.8) is 0 Å². The van der Waals surface area contributed by atoms with Crippen LogP contribution in [0.1, 0.15) is 32.8 Å². The molecule has 0 radical (unpaired) electrons. The number of carboxylic acid groups (broad SMARTS) is 1. The molecule has 1 atom stereocenters. The predicted octanol–water partition coefficient (Wildman–Crippen LogP) is 2.89. The van der Waals surface area contributed by atoms with E-state index in [4.69, 9.17) is 16.7 Å². The van der Waals surface area contributed by atoms with Crippen molar-refractivity contribution >= 4 is 23.5 Å². The standard InChI is InChI=1S/C15H20ClNO3/c1-10(8-11-6-4-5-7-12(11)16)17-13(18)9-15(2,3)14(19)20/h4-7,10H,8-9H2,1-3H3,(H,17,18)(H,19,20). The second kappa shape index (κ2) is 6.75. The SMILES string of the molecule is CC(Cc1ccccc1Cl)NC(=O)CC(C)(C)C(=O)O. The molecule has 1 aromatic rings. The first-order valence-corrected chi connectivity index (χ1v) is 6.86. The van der Waals surface area contributed by atoms with Crippen molar-refractivity contribution in [3.05, 3.63) is 34.9 Å². The van der Waals surface area contributed by atoms with Crippen LogP contribution >= 0.6 is 11.6 Å². The van der Waals surface area contributed by atoms with E-state index in [0.29, 0.717) is 11.4 Å². The van der Waals surface area contributed by atoms with Gasteiger partial charge in [0.2, 0.25) is 5.91 Å². The highest BCUT2D eigenvalue weighted by molar-refractivity contribution is 6.31. The number of rotatable bonds is 6. The van der Waals surface area contributed by atoms with E-state index in [1.807, 2.05) is 25.1 Å². The van der Waals surface area contributed by atoms with Gasteiger partial charge < -0.3 is 10.4 Å². The summed E-state index contributed by atoms with van der Waals surface area (Å²) in [6.07, 6.45) is 0.564. The summed E-state index contributed by atoms with van der Waals surface area (Å²) in [4.78, 5) is 22.8. The van der Waals surface area contributed by atoms with Gasteiger partial charge in [-0.2, -0.15) is 0 Å². The third kappa shape index (κ3) is 4.85. The van der Waals surface area contributed by atoms with Gasteiger partial charge in [0.05, 0.1) is 5.41 Å². The van der Waals surface area contributed by atoms with Crippen LogP contribution in [0.5, 0.6) is 0 Å². The highest BCUT2D eigenvalue weighted by atomic mass is 35.5. The van der Waals surface area contributed by atoms with E-state index < -0.39 is 11.4 Å². The molecule has 0 aliphatic carbocycles. The Morgan fingerprint density at radius 2 is 1.95 bits per heavy atom. The van der Waals surface area contributed by atoms with Gasteiger partial charge in [-0.1, -0.05) is 29.8 Å². The molecule has 110 valence electrons. The third-order valence-corrected chi connectivity index (χ3v) is 3.44. The van der Waals surface area contributed by atoms with Gasteiger partial charge in [-0.15, -0.1) is 0 Å². The molecule has 20 heavy (non-hydrogen) atoms. The molecule has 0 aliphatic rings. The number of hydrogen-bond acceptors (Lipinski definition) is 2. The first-order valence-electron chi connectivity index (χ1n) is 6.48. The molecule has 0 aromatic heterocycles. The lowest BCUT2D eigenvalue weighted by molar-refractivity contribution is -0.149. The molecule has 0 saturated heterocycles. The van der Waals surface area contributed by atoms with Crippen LogP contribution in [-0.4, -0.2) is 23.0 Å². The number of aliphatic carboxylic acids is 1. The Labute approximate surface area is 124 Å². The molecular formula is C15H20ClNO3. The van der Waals surface area contributed by atoms with E-state index in [9.17, 15) is 9.59 Å². The van der Waals surface area contributed by atoms with Crippen LogP contribution in [0.25, 0.3) is 0 Å². The fourth-order valence-electron chi connectivity index (χ4n) is 1.85. The van der Waals surface area contributed by atoms with Crippen LogP contribution in [0.4, 0.5) is 0 Å². The molecule has 0 aliphatic heterocycles. The molecule has 1 amide bonds. The summed E-state index contributed by atoms with van der Waals surface area (Å²) in [6, 6.07) is 7.35. The van der Waals surface area contributed by atoms with Crippen molar-refractivity contribution in [1.29, 1.82) is 0 Å². The van der Waals surface area contributed by atoms with Crippen LogP contribution in [0.15, 0.2) is 24.3 Å². The molecule has 0 saturated carbocycles. The number of carbonyl (C=O) groups excluding carboxylic acids is 1. The van der Waals surface area contributed by atoms with Gasteiger partial charge in [0.1, 0.15) is 0 Å². The van der Waals surface area contributed by atoms with Crippen LogP contribution < -0.4 is 5.32 Å². The van der Waals surface area contributed by atoms with E-state index >= 15 is 0 Å². The van der Waals surface area contributed by atoms with E-state index in [1.54, 1.807) is 6.07 Å². The lowest BCUT2D eigenvalue weighted by Crippen LogP contribution is -2.38. The van der Waals surface area contributed by atoms with Crippen molar-refractivity contribution in [3.8, 4) is 0 Å². The van der Waals surface area contributed by atoms with Gasteiger partial charge in [0.15, 0.2) is 0 Å². The summed E-state index contributed by atoms with van der Waals surface area (Å²) in [5, 5.41) is 12.5. The summed E-state index contributed by atoms with van der Waals surface area (Å²) in [5.41, 5.74) is -0.103. The molecule has 4 nitrogen and oxygen atoms in total. The molecule has 5 heteroatoms. The van der Waals surface area contributed by atoms with Gasteiger partial charge in [0, 0.05) is 17.5 Å². The van der Waals surface area contributed by atoms with Crippen molar-refractivity contribution in [2.75, 3.05) is 0 Å². The smallest absolute Gasteiger partial charge is 0.309 e. The Balaban J connectivity index is 2.55. The first kappa shape index (κ1) is 16.5. The van der Waals surface area contributed by atoms with Crippen LogP contribution in [0.3, 0.4) is 0 Å². The maximum absolute atomic E-state index is 11.8. The molecule has 0 bridgehead atoms. The second-order valence-corrected chi connectivity index (χ2v) is 6.04. The molecule has 1 unspecified atom stereocenters. The number of nitrogens with one attached hydrogen (secondary N) is 1. The lowest BCUT2D eigenvalue weighted by Gasteiger charge is -2.20. The van der Waals surface area contributed by atoms with Crippen LogP contribution in [-0.2, 0) is 16.0 Å². The normalized spacial score (nSPS) is 12.8. The Hall–Kier alpha value is -1.55. The molecule has 0 fully saturated rings. The molecule has 1 aromatic carbocycles. The Bertz CT molecular complexity index is 500. The summed E-state index contributed by atoms with van der Waals surface area (Å²) < 4.78 is 0. The Morgan fingerprint density at radius 1 is 1.35 bits per heavy atom. The quantitative estimate of drug-likeness (QED) is 0.848. The topological polar surface area (TPSA) is 66.4 Å². The van der Waals surface area contributed by atoms with Gasteiger partial charge in [-0.25, -0.2) is 0 Å². The number of amides is 1. The van der Waals surface area contributed by atoms with E-state index in [2.05, 4.69) is 5.32 Å². The van der Waals surface area contributed by atoms with E-state index in [1.165, 1.54) is 13.8 Å². The lowest BCUT2D eigenvalue weighted by atomic mass is 9.89. The molecule has 0 spiro atoms. The van der Waals surface area contributed by atoms with Crippen LogP contribution in [0.2, 0.25) is 5.02 Å². The zero-order valence-corrected chi connectivity index (χ0v) is 12.7. The highest BCUT2D eigenvalue weighted by Gasteiger charge is 2.30. The Kier molecular flexibility index (Phi) is 5.57. The molecule has 0 heterocycles. The van der Waals surface area contributed by atoms with Gasteiger partial charge in [0.25, 0.3) is 0 Å². The molecule has 1 rings (SSSR count). The Morgan fingerprint density at radius 3 is 2.50 bits per heavy atom. The predicted molar refractivity (Wildman–Crippen MR) is 78.8 cm³/mol. The summed E-state index contributed by atoms with van der Waals surface area (Å²) in [6.45, 7) is 4.94. The third-order valence-electron chi connectivity index (χ3n) is 3.07. The maximum Gasteiger partial charge on any atom is 0.309 e.